The molecule has 8 nitrogen and oxygen atoms in total. The maximum atomic E-state index is 13.1. The lowest BCUT2D eigenvalue weighted by atomic mass is 9.85. The molecular weight excluding hydrogens is 436 g/mol. The summed E-state index contributed by atoms with van der Waals surface area (Å²) in [6, 6.07) is 22.3. The first-order valence-electron chi connectivity index (χ1n) is 10.6. The molecule has 0 saturated heterocycles. The van der Waals surface area contributed by atoms with Gasteiger partial charge in [-0.3, -0.25) is 4.79 Å². The molecule has 0 spiro atoms. The molecule has 0 aliphatic carbocycles. The van der Waals surface area contributed by atoms with Gasteiger partial charge < -0.3 is 19.3 Å². The van der Waals surface area contributed by atoms with Gasteiger partial charge in [-0.25, -0.2) is 10.2 Å². The van der Waals surface area contributed by atoms with E-state index in [1.165, 1.54) is 13.3 Å². The van der Waals surface area contributed by atoms with E-state index in [9.17, 15) is 14.7 Å². The zero-order valence-electron chi connectivity index (χ0n) is 18.9. The normalized spacial score (nSPS) is 11.1. The minimum Gasteiger partial charge on any atom is -0.490 e. The van der Waals surface area contributed by atoms with Gasteiger partial charge in [-0.1, -0.05) is 60.7 Å². The van der Waals surface area contributed by atoms with Crippen LogP contribution in [0.3, 0.4) is 0 Å². The third-order valence-electron chi connectivity index (χ3n) is 4.93. The minimum absolute atomic E-state index is 0.252. The SMILES string of the molecule is CCOc1cc(C=NNC(=O)C(O)(c2ccccc2)c2ccccc2)ccc1OCC(=O)OC. The third-order valence-corrected chi connectivity index (χ3v) is 4.93. The lowest BCUT2D eigenvalue weighted by molar-refractivity contribution is -0.143. The number of hydrogen-bond donors (Lipinski definition) is 2. The maximum absolute atomic E-state index is 13.1. The van der Waals surface area contributed by atoms with E-state index in [1.807, 2.05) is 6.92 Å². The van der Waals surface area contributed by atoms with Gasteiger partial charge >= 0.3 is 5.97 Å². The van der Waals surface area contributed by atoms with Gasteiger partial charge in [-0.15, -0.1) is 0 Å². The highest BCUT2D eigenvalue weighted by Gasteiger charge is 2.39. The maximum Gasteiger partial charge on any atom is 0.343 e. The van der Waals surface area contributed by atoms with E-state index in [1.54, 1.807) is 78.9 Å². The van der Waals surface area contributed by atoms with E-state index in [4.69, 9.17) is 9.47 Å². The van der Waals surface area contributed by atoms with Crippen LogP contribution >= 0.6 is 0 Å². The number of aliphatic hydroxyl groups is 1. The van der Waals surface area contributed by atoms with Gasteiger partial charge in [0.25, 0.3) is 5.91 Å². The minimum atomic E-state index is -1.93. The van der Waals surface area contributed by atoms with Crippen LogP contribution in [0, 0.1) is 0 Å². The van der Waals surface area contributed by atoms with Crippen molar-refractivity contribution in [2.45, 2.75) is 12.5 Å². The number of ether oxygens (including phenoxy) is 3. The van der Waals surface area contributed by atoms with Gasteiger partial charge in [0, 0.05) is 0 Å². The largest absolute Gasteiger partial charge is 0.490 e. The lowest BCUT2D eigenvalue weighted by Crippen LogP contribution is -2.43. The molecule has 0 bridgehead atoms. The molecule has 0 aliphatic rings. The second-order valence-corrected chi connectivity index (χ2v) is 7.15. The average molecular weight is 463 g/mol. The Hall–Kier alpha value is -4.17. The van der Waals surface area contributed by atoms with Crippen LogP contribution in [-0.2, 0) is 19.9 Å². The average Bonchev–Trinajstić information content (AvgIpc) is 2.88. The summed E-state index contributed by atoms with van der Waals surface area (Å²) >= 11 is 0. The summed E-state index contributed by atoms with van der Waals surface area (Å²) in [6.07, 6.45) is 1.42. The van der Waals surface area contributed by atoms with Crippen LogP contribution in [0.25, 0.3) is 0 Å². The molecule has 0 aliphatic heterocycles. The van der Waals surface area contributed by atoms with E-state index in [0.29, 0.717) is 34.8 Å². The molecule has 0 unspecified atom stereocenters. The standard InChI is InChI=1S/C26H26N2O6/c1-3-33-23-16-19(14-15-22(23)34-18-24(29)32-2)17-27-28-25(30)26(31,20-10-6-4-7-11-20)21-12-8-5-9-13-21/h4-17,31H,3,18H2,1-2H3,(H,28,30). The summed E-state index contributed by atoms with van der Waals surface area (Å²) in [5, 5.41) is 15.5. The highest BCUT2D eigenvalue weighted by atomic mass is 16.6. The highest BCUT2D eigenvalue weighted by Crippen LogP contribution is 2.30. The van der Waals surface area contributed by atoms with E-state index in [-0.39, 0.29) is 6.61 Å². The third kappa shape index (κ3) is 5.79. The first kappa shape index (κ1) is 24.5. The number of carbonyl (C=O) groups excluding carboxylic acids is 2. The molecule has 3 rings (SSSR count). The van der Waals surface area contributed by atoms with Crippen LogP contribution in [0.2, 0.25) is 0 Å². The van der Waals surface area contributed by atoms with Gasteiger partial charge in [0.2, 0.25) is 0 Å². The van der Waals surface area contributed by atoms with E-state index in [0.717, 1.165) is 0 Å². The van der Waals surface area contributed by atoms with Crippen LogP contribution in [0.5, 0.6) is 11.5 Å². The number of esters is 1. The summed E-state index contributed by atoms with van der Waals surface area (Å²) < 4.78 is 15.6. The topological polar surface area (TPSA) is 106 Å². The summed E-state index contributed by atoms with van der Waals surface area (Å²) in [4.78, 5) is 24.4. The molecule has 0 saturated carbocycles. The predicted octanol–water partition coefficient (Wildman–Crippen LogP) is 3.02. The summed E-state index contributed by atoms with van der Waals surface area (Å²) in [5.74, 6) is -0.438. The van der Waals surface area contributed by atoms with Gasteiger partial charge in [-0.05, 0) is 41.8 Å². The van der Waals surface area contributed by atoms with Crippen LogP contribution < -0.4 is 14.9 Å². The number of rotatable bonds is 10. The van der Waals surface area contributed by atoms with E-state index >= 15 is 0 Å². The molecule has 176 valence electrons. The molecule has 0 atom stereocenters. The Morgan fingerprint density at radius 2 is 1.56 bits per heavy atom. The molecule has 3 aromatic carbocycles. The fraction of sp³-hybridized carbons (Fsp3) is 0.192. The summed E-state index contributed by atoms with van der Waals surface area (Å²) in [5.41, 5.74) is 1.94. The Morgan fingerprint density at radius 3 is 2.12 bits per heavy atom. The van der Waals surface area contributed by atoms with Crippen molar-refractivity contribution in [3.05, 3.63) is 95.6 Å². The van der Waals surface area contributed by atoms with Crippen molar-refractivity contribution in [2.75, 3.05) is 20.3 Å². The van der Waals surface area contributed by atoms with Crippen molar-refractivity contribution in [3.8, 4) is 11.5 Å². The number of carbonyl (C=O) groups is 2. The molecule has 0 heterocycles. The molecule has 3 aromatic rings. The molecule has 8 heteroatoms. The van der Waals surface area contributed by atoms with Crippen molar-refractivity contribution in [2.24, 2.45) is 5.10 Å². The second kappa shape index (κ2) is 11.6. The number of methoxy groups -OCH3 is 1. The zero-order chi connectivity index (χ0) is 24.4. The first-order chi connectivity index (χ1) is 16.5. The molecule has 1 amide bonds. The molecule has 0 fully saturated rings. The van der Waals surface area contributed by atoms with Crippen molar-refractivity contribution < 1.29 is 28.9 Å². The van der Waals surface area contributed by atoms with Crippen molar-refractivity contribution in [3.63, 3.8) is 0 Å². The number of hydrogen-bond acceptors (Lipinski definition) is 7. The number of nitrogens with zero attached hydrogens (tertiary/aromatic N) is 1. The van der Waals surface area contributed by atoms with E-state index < -0.39 is 17.5 Å². The highest BCUT2D eigenvalue weighted by molar-refractivity contribution is 5.91. The molecule has 34 heavy (non-hydrogen) atoms. The second-order valence-electron chi connectivity index (χ2n) is 7.15. The lowest BCUT2D eigenvalue weighted by Gasteiger charge is -2.27. The Labute approximate surface area is 197 Å². The van der Waals surface area contributed by atoms with Crippen molar-refractivity contribution >= 4 is 18.1 Å². The quantitative estimate of drug-likeness (QED) is 0.273. The Morgan fingerprint density at radius 1 is 0.941 bits per heavy atom. The predicted molar refractivity (Wildman–Crippen MR) is 127 cm³/mol. The Balaban J connectivity index is 1.79. The number of benzene rings is 3. The number of hydrazone groups is 1. The van der Waals surface area contributed by atoms with Gasteiger partial charge in [0.05, 0.1) is 19.9 Å². The fourth-order valence-corrected chi connectivity index (χ4v) is 3.22. The summed E-state index contributed by atoms with van der Waals surface area (Å²) in [6.45, 7) is 1.95. The Kier molecular flexibility index (Phi) is 8.37. The van der Waals surface area contributed by atoms with Crippen molar-refractivity contribution in [1.82, 2.24) is 5.43 Å². The zero-order valence-corrected chi connectivity index (χ0v) is 18.9. The smallest absolute Gasteiger partial charge is 0.343 e. The monoisotopic (exact) mass is 462 g/mol. The summed E-state index contributed by atoms with van der Waals surface area (Å²) in [7, 11) is 1.28. The molecular formula is C26H26N2O6. The van der Waals surface area contributed by atoms with Crippen LogP contribution in [-0.4, -0.2) is 43.5 Å². The van der Waals surface area contributed by atoms with Gasteiger partial charge in [-0.2, -0.15) is 5.10 Å². The van der Waals surface area contributed by atoms with Crippen LogP contribution in [0.15, 0.2) is 84.0 Å². The number of amides is 1. The molecule has 0 aromatic heterocycles. The van der Waals surface area contributed by atoms with Gasteiger partial charge in [0.15, 0.2) is 23.7 Å². The fourth-order valence-electron chi connectivity index (χ4n) is 3.22. The van der Waals surface area contributed by atoms with Crippen LogP contribution in [0.1, 0.15) is 23.6 Å². The van der Waals surface area contributed by atoms with Gasteiger partial charge in [0.1, 0.15) is 0 Å². The first-order valence-corrected chi connectivity index (χ1v) is 10.6. The molecule has 0 radical (unpaired) electrons. The van der Waals surface area contributed by atoms with Crippen molar-refractivity contribution in [1.29, 1.82) is 0 Å². The Bertz CT molecular complexity index is 1090. The number of nitrogens with one attached hydrogen (secondary N) is 1. The van der Waals surface area contributed by atoms with E-state index in [2.05, 4.69) is 15.3 Å². The van der Waals surface area contributed by atoms with Crippen LogP contribution in [0.4, 0.5) is 0 Å². The molecule has 2 N–H and O–H groups in total.